The van der Waals surface area contributed by atoms with Crippen molar-refractivity contribution in [3.8, 4) is 0 Å². The summed E-state index contributed by atoms with van der Waals surface area (Å²) in [6, 6.07) is 0. The topological polar surface area (TPSA) is 27.7 Å². The minimum atomic E-state index is -0.182. The maximum Gasteiger partial charge on any atom is 0.168 e. The van der Waals surface area contributed by atoms with Crippen LogP contribution in [0.15, 0.2) is 0 Å². The first-order chi connectivity index (χ1) is 9.31. The van der Waals surface area contributed by atoms with Crippen LogP contribution in [0.4, 0.5) is 0 Å². The lowest BCUT2D eigenvalue weighted by Gasteiger charge is -2.40. The zero-order chi connectivity index (χ0) is 13.1. The van der Waals surface area contributed by atoms with Crippen molar-refractivity contribution in [2.75, 3.05) is 19.8 Å². The third-order valence-corrected chi connectivity index (χ3v) is 5.39. The minimum Gasteiger partial charge on any atom is -0.379 e. The molecule has 0 unspecified atom stereocenters. The minimum absolute atomic E-state index is 0.182. The lowest BCUT2D eigenvalue weighted by Crippen LogP contribution is -2.38. The van der Waals surface area contributed by atoms with E-state index in [4.69, 9.17) is 14.2 Å². The fourth-order valence-corrected chi connectivity index (χ4v) is 4.30. The number of ether oxygens (including phenoxy) is 3. The predicted molar refractivity (Wildman–Crippen MR) is 74.0 cm³/mol. The molecule has 1 saturated heterocycles. The van der Waals surface area contributed by atoms with Crippen molar-refractivity contribution in [2.45, 2.75) is 70.2 Å². The van der Waals surface area contributed by atoms with Gasteiger partial charge in [-0.05, 0) is 57.3 Å². The highest BCUT2D eigenvalue weighted by atomic mass is 16.7. The summed E-state index contributed by atoms with van der Waals surface area (Å²) in [5, 5.41) is 0. The smallest absolute Gasteiger partial charge is 0.168 e. The van der Waals surface area contributed by atoms with Crippen LogP contribution in [0.25, 0.3) is 0 Å². The number of hydrogen-bond donors (Lipinski definition) is 0. The quantitative estimate of drug-likeness (QED) is 0.784. The largest absolute Gasteiger partial charge is 0.379 e. The normalized spacial score (nSPS) is 35.8. The van der Waals surface area contributed by atoms with Crippen molar-refractivity contribution in [3.63, 3.8) is 0 Å². The van der Waals surface area contributed by atoms with E-state index in [0.29, 0.717) is 6.10 Å². The molecule has 3 nitrogen and oxygen atoms in total. The monoisotopic (exact) mass is 268 g/mol. The Hall–Kier alpha value is -0.120. The van der Waals surface area contributed by atoms with Gasteiger partial charge in [0, 0.05) is 19.4 Å². The van der Waals surface area contributed by atoms with E-state index in [1.807, 2.05) is 0 Å². The lowest BCUT2D eigenvalue weighted by molar-refractivity contribution is -0.185. The summed E-state index contributed by atoms with van der Waals surface area (Å²) in [7, 11) is 0. The van der Waals surface area contributed by atoms with E-state index in [1.54, 1.807) is 0 Å². The van der Waals surface area contributed by atoms with Crippen LogP contribution in [0.2, 0.25) is 0 Å². The van der Waals surface area contributed by atoms with Crippen LogP contribution < -0.4 is 0 Å². The van der Waals surface area contributed by atoms with Gasteiger partial charge in [0.1, 0.15) is 0 Å². The summed E-state index contributed by atoms with van der Waals surface area (Å²) in [5.41, 5.74) is 0. The molecule has 3 heteroatoms. The molecule has 0 radical (unpaired) electrons. The third-order valence-electron chi connectivity index (χ3n) is 5.39. The molecule has 1 aliphatic heterocycles. The van der Waals surface area contributed by atoms with Crippen LogP contribution in [0.3, 0.4) is 0 Å². The molecule has 0 atom stereocenters. The molecule has 0 aromatic carbocycles. The highest BCUT2D eigenvalue weighted by Gasteiger charge is 2.42. The van der Waals surface area contributed by atoms with E-state index in [1.165, 1.54) is 38.5 Å². The molecule has 1 spiro atoms. The van der Waals surface area contributed by atoms with Crippen LogP contribution in [-0.4, -0.2) is 31.7 Å². The zero-order valence-corrected chi connectivity index (χ0v) is 12.2. The summed E-state index contributed by atoms with van der Waals surface area (Å²) < 4.78 is 17.4. The molecule has 2 aliphatic carbocycles. The average Bonchev–Trinajstić information content (AvgIpc) is 2.90. The van der Waals surface area contributed by atoms with Crippen LogP contribution in [-0.2, 0) is 14.2 Å². The van der Waals surface area contributed by atoms with Crippen molar-refractivity contribution in [1.29, 1.82) is 0 Å². The van der Waals surface area contributed by atoms with Gasteiger partial charge in [0.05, 0.1) is 19.3 Å². The predicted octanol–water partition coefficient (Wildman–Crippen LogP) is 3.52. The second-order valence-electron chi connectivity index (χ2n) is 6.44. The van der Waals surface area contributed by atoms with E-state index in [9.17, 15) is 0 Å². The fourth-order valence-electron chi connectivity index (χ4n) is 4.30. The Labute approximate surface area is 117 Å². The molecule has 3 rings (SSSR count). The Morgan fingerprint density at radius 2 is 1.47 bits per heavy atom. The van der Waals surface area contributed by atoms with E-state index >= 15 is 0 Å². The van der Waals surface area contributed by atoms with Gasteiger partial charge >= 0.3 is 0 Å². The van der Waals surface area contributed by atoms with Gasteiger partial charge < -0.3 is 14.2 Å². The molecule has 0 bridgehead atoms. The second-order valence-corrected chi connectivity index (χ2v) is 6.44. The van der Waals surface area contributed by atoms with E-state index in [0.717, 1.165) is 44.5 Å². The van der Waals surface area contributed by atoms with Crippen molar-refractivity contribution in [1.82, 2.24) is 0 Å². The summed E-state index contributed by atoms with van der Waals surface area (Å²) in [4.78, 5) is 0. The Bertz CT molecular complexity index is 268. The third kappa shape index (κ3) is 3.14. The van der Waals surface area contributed by atoms with Gasteiger partial charge in [-0.1, -0.05) is 0 Å². The summed E-state index contributed by atoms with van der Waals surface area (Å²) in [6.45, 7) is 4.57. The van der Waals surface area contributed by atoms with Crippen molar-refractivity contribution in [3.05, 3.63) is 0 Å². The lowest BCUT2D eigenvalue weighted by atomic mass is 9.71. The van der Waals surface area contributed by atoms with Gasteiger partial charge in [0.2, 0.25) is 0 Å². The van der Waals surface area contributed by atoms with E-state index in [-0.39, 0.29) is 5.79 Å². The second kappa shape index (κ2) is 6.11. The van der Waals surface area contributed by atoms with Crippen LogP contribution in [0.1, 0.15) is 58.3 Å². The molecule has 3 fully saturated rings. The summed E-state index contributed by atoms with van der Waals surface area (Å²) >= 11 is 0. The van der Waals surface area contributed by atoms with Crippen LogP contribution in [0, 0.1) is 11.8 Å². The van der Waals surface area contributed by atoms with Gasteiger partial charge in [-0.2, -0.15) is 0 Å². The van der Waals surface area contributed by atoms with E-state index < -0.39 is 0 Å². The molecular formula is C16H28O3. The van der Waals surface area contributed by atoms with E-state index in [2.05, 4.69) is 6.92 Å². The Morgan fingerprint density at radius 1 is 0.895 bits per heavy atom. The molecular weight excluding hydrogens is 240 g/mol. The summed E-state index contributed by atoms with van der Waals surface area (Å²) in [6.07, 6.45) is 10.6. The first-order valence-corrected chi connectivity index (χ1v) is 8.21. The molecule has 19 heavy (non-hydrogen) atoms. The van der Waals surface area contributed by atoms with Gasteiger partial charge in [-0.3, -0.25) is 0 Å². The molecule has 0 aromatic heterocycles. The molecule has 3 aliphatic rings. The SMILES string of the molecule is CCO[C@H]1CC[C@@H](C2CCC3(CC2)OCCO3)CC1. The molecule has 110 valence electrons. The standard InChI is InChI=1S/C16H28O3/c1-2-17-15-5-3-13(4-6-15)14-7-9-16(10-8-14)18-11-12-19-16/h13-15H,2-12H2,1H3/t13-,15+. The van der Waals surface area contributed by atoms with Gasteiger partial charge in [0.25, 0.3) is 0 Å². The summed E-state index contributed by atoms with van der Waals surface area (Å²) in [5.74, 6) is 1.65. The highest BCUT2D eigenvalue weighted by Crippen LogP contribution is 2.44. The van der Waals surface area contributed by atoms with Crippen LogP contribution >= 0.6 is 0 Å². The Morgan fingerprint density at radius 3 is 2.05 bits per heavy atom. The Balaban J connectivity index is 1.44. The molecule has 2 saturated carbocycles. The first kappa shape index (κ1) is 13.8. The number of hydrogen-bond acceptors (Lipinski definition) is 3. The van der Waals surface area contributed by atoms with Gasteiger partial charge in [-0.15, -0.1) is 0 Å². The molecule has 0 amide bonds. The maximum atomic E-state index is 5.82. The van der Waals surface area contributed by atoms with Gasteiger partial charge in [-0.25, -0.2) is 0 Å². The number of rotatable bonds is 3. The van der Waals surface area contributed by atoms with Gasteiger partial charge in [0.15, 0.2) is 5.79 Å². The molecule has 0 aromatic rings. The zero-order valence-electron chi connectivity index (χ0n) is 12.2. The van der Waals surface area contributed by atoms with Crippen molar-refractivity contribution < 1.29 is 14.2 Å². The van der Waals surface area contributed by atoms with Crippen molar-refractivity contribution >= 4 is 0 Å². The highest BCUT2D eigenvalue weighted by molar-refractivity contribution is 4.87. The van der Waals surface area contributed by atoms with Crippen molar-refractivity contribution in [2.24, 2.45) is 11.8 Å². The Kier molecular flexibility index (Phi) is 4.45. The average molecular weight is 268 g/mol. The van der Waals surface area contributed by atoms with Crippen LogP contribution in [0.5, 0.6) is 0 Å². The molecule has 0 N–H and O–H groups in total. The fraction of sp³-hybridized carbons (Fsp3) is 1.00. The molecule has 1 heterocycles. The first-order valence-electron chi connectivity index (χ1n) is 8.21. The maximum absolute atomic E-state index is 5.82.